The summed E-state index contributed by atoms with van der Waals surface area (Å²) in [5.41, 5.74) is 1.56. The lowest BCUT2D eigenvalue weighted by Gasteiger charge is -2.09. The molecule has 1 N–H and O–H groups in total. The second-order valence-electron chi connectivity index (χ2n) is 5.26. The third-order valence-electron chi connectivity index (χ3n) is 3.82. The number of nitrogens with one attached hydrogen (secondary N) is 1. The van der Waals surface area contributed by atoms with Crippen molar-refractivity contribution in [3.8, 4) is 17.2 Å². The number of benzene rings is 1. The Morgan fingerprint density at radius 2 is 2.19 bits per heavy atom. The molecule has 2 aromatic rings. The van der Waals surface area contributed by atoms with Crippen molar-refractivity contribution >= 4 is 5.91 Å². The fraction of sp³-hybridized carbons (Fsp3) is 0.250. The molecular weight excluding hydrogens is 268 g/mol. The highest BCUT2D eigenvalue weighted by Crippen LogP contribution is 2.54. The first-order chi connectivity index (χ1) is 10.2. The summed E-state index contributed by atoms with van der Waals surface area (Å²) in [5, 5.41) is 2.54. The van der Waals surface area contributed by atoms with E-state index in [-0.39, 0.29) is 5.91 Å². The fourth-order valence-corrected chi connectivity index (χ4v) is 2.64. The van der Waals surface area contributed by atoms with Crippen molar-refractivity contribution in [2.24, 2.45) is 0 Å². The molecule has 2 aliphatic rings. The van der Waals surface area contributed by atoms with E-state index in [2.05, 4.69) is 10.3 Å². The Labute approximate surface area is 121 Å². The van der Waals surface area contributed by atoms with Gasteiger partial charge >= 0.3 is 0 Å². The first-order valence-corrected chi connectivity index (χ1v) is 6.91. The van der Waals surface area contributed by atoms with Crippen LogP contribution < -0.4 is 14.8 Å². The third kappa shape index (κ3) is 2.11. The molecule has 0 saturated heterocycles. The van der Waals surface area contributed by atoms with E-state index in [0.29, 0.717) is 23.5 Å². The average Bonchev–Trinajstić information content (AvgIpc) is 3.20. The van der Waals surface area contributed by atoms with Crippen LogP contribution in [-0.2, 0) is 0 Å². The van der Waals surface area contributed by atoms with E-state index in [4.69, 9.17) is 9.47 Å². The van der Waals surface area contributed by atoms with Gasteiger partial charge in [-0.15, -0.1) is 0 Å². The van der Waals surface area contributed by atoms with Crippen molar-refractivity contribution in [1.29, 1.82) is 0 Å². The Bertz CT molecular complexity index is 729. The molecule has 1 amide bonds. The van der Waals surface area contributed by atoms with Gasteiger partial charge in [0, 0.05) is 30.8 Å². The van der Waals surface area contributed by atoms with Gasteiger partial charge in [0.05, 0.1) is 0 Å². The molecule has 106 valence electrons. The molecule has 1 fully saturated rings. The molecule has 2 atom stereocenters. The highest BCUT2D eigenvalue weighted by molar-refractivity contribution is 5.92. The predicted octanol–water partition coefficient (Wildman–Crippen LogP) is 2.48. The van der Waals surface area contributed by atoms with Crippen molar-refractivity contribution in [3.63, 3.8) is 0 Å². The summed E-state index contributed by atoms with van der Waals surface area (Å²) in [6.07, 6.45) is 3.04. The van der Waals surface area contributed by atoms with Crippen molar-refractivity contribution < 1.29 is 14.3 Å². The number of aromatic nitrogens is 1. The SMILES string of the molecule is CNC(=O)c1cc(Oc2ccc3c(c2)C2CC2O3)ccn1. The predicted molar refractivity (Wildman–Crippen MR) is 75.9 cm³/mol. The fourth-order valence-electron chi connectivity index (χ4n) is 2.64. The second kappa shape index (κ2) is 4.48. The van der Waals surface area contributed by atoms with Crippen molar-refractivity contribution in [2.45, 2.75) is 18.4 Å². The normalized spacial score (nSPS) is 21.0. The zero-order valence-electron chi connectivity index (χ0n) is 11.5. The van der Waals surface area contributed by atoms with Gasteiger partial charge in [-0.2, -0.15) is 0 Å². The van der Waals surface area contributed by atoms with E-state index in [1.807, 2.05) is 18.2 Å². The van der Waals surface area contributed by atoms with Gasteiger partial charge in [-0.1, -0.05) is 0 Å². The maximum atomic E-state index is 11.6. The molecule has 0 spiro atoms. The summed E-state index contributed by atoms with van der Waals surface area (Å²) >= 11 is 0. The first kappa shape index (κ1) is 12.2. The molecule has 5 nitrogen and oxygen atoms in total. The Morgan fingerprint density at radius 1 is 1.33 bits per heavy atom. The number of rotatable bonds is 3. The Kier molecular flexibility index (Phi) is 2.60. The van der Waals surface area contributed by atoms with Crippen LogP contribution >= 0.6 is 0 Å². The lowest BCUT2D eigenvalue weighted by molar-refractivity contribution is 0.0958. The molecule has 2 heterocycles. The number of hydrogen-bond donors (Lipinski definition) is 1. The minimum atomic E-state index is -0.233. The average molecular weight is 282 g/mol. The van der Waals surface area contributed by atoms with Crippen LogP contribution in [-0.4, -0.2) is 24.0 Å². The van der Waals surface area contributed by atoms with Crippen molar-refractivity contribution in [3.05, 3.63) is 47.8 Å². The standard InChI is InChI=1S/C16H14N2O3/c1-17-16(19)13-7-10(4-5-18-13)20-9-2-3-14-11(6-9)12-8-15(12)21-14/h2-7,12,15H,8H2,1H3,(H,17,19). The Hall–Kier alpha value is -2.56. The van der Waals surface area contributed by atoms with Crippen LogP contribution in [0.2, 0.25) is 0 Å². The lowest BCUT2D eigenvalue weighted by Crippen LogP contribution is -2.18. The number of hydrogen-bond acceptors (Lipinski definition) is 4. The smallest absolute Gasteiger partial charge is 0.269 e. The highest BCUT2D eigenvalue weighted by atomic mass is 16.5. The van der Waals surface area contributed by atoms with E-state index < -0.39 is 0 Å². The number of carbonyl (C=O) groups is 1. The molecule has 1 saturated carbocycles. The van der Waals surface area contributed by atoms with Crippen molar-refractivity contribution in [1.82, 2.24) is 10.3 Å². The summed E-state index contributed by atoms with van der Waals surface area (Å²) in [7, 11) is 1.57. The summed E-state index contributed by atoms with van der Waals surface area (Å²) in [6, 6.07) is 9.20. The summed E-state index contributed by atoms with van der Waals surface area (Å²) in [6.45, 7) is 0. The summed E-state index contributed by atoms with van der Waals surface area (Å²) in [4.78, 5) is 15.6. The number of pyridine rings is 1. The molecule has 5 heteroatoms. The lowest BCUT2D eigenvalue weighted by atomic mass is 10.1. The van der Waals surface area contributed by atoms with Gasteiger partial charge < -0.3 is 14.8 Å². The second-order valence-corrected chi connectivity index (χ2v) is 5.26. The number of nitrogens with zero attached hydrogens (tertiary/aromatic N) is 1. The number of amides is 1. The van der Waals surface area contributed by atoms with Gasteiger partial charge in [0.15, 0.2) is 0 Å². The molecule has 0 bridgehead atoms. The van der Waals surface area contributed by atoms with Gasteiger partial charge in [-0.25, -0.2) is 0 Å². The number of ether oxygens (including phenoxy) is 2. The molecule has 1 aliphatic heterocycles. The first-order valence-electron chi connectivity index (χ1n) is 6.91. The van der Waals surface area contributed by atoms with E-state index in [0.717, 1.165) is 17.9 Å². The van der Waals surface area contributed by atoms with Gasteiger partial charge in [-0.05, 0) is 30.7 Å². The van der Waals surface area contributed by atoms with Crippen LogP contribution in [0.5, 0.6) is 17.2 Å². The third-order valence-corrected chi connectivity index (χ3v) is 3.82. The van der Waals surface area contributed by atoms with E-state index in [1.165, 1.54) is 5.56 Å². The van der Waals surface area contributed by atoms with Crippen LogP contribution in [0.15, 0.2) is 36.5 Å². The van der Waals surface area contributed by atoms with E-state index in [9.17, 15) is 4.79 Å². The van der Waals surface area contributed by atoms with Crippen LogP contribution in [0, 0.1) is 0 Å². The molecule has 1 aromatic carbocycles. The topological polar surface area (TPSA) is 60.5 Å². The minimum Gasteiger partial charge on any atom is -0.489 e. The minimum absolute atomic E-state index is 0.233. The molecule has 21 heavy (non-hydrogen) atoms. The van der Waals surface area contributed by atoms with Crippen LogP contribution in [0.4, 0.5) is 0 Å². The van der Waals surface area contributed by atoms with Gasteiger partial charge in [0.1, 0.15) is 29.0 Å². The van der Waals surface area contributed by atoms with Gasteiger partial charge in [0.2, 0.25) is 0 Å². The quantitative estimate of drug-likeness (QED) is 0.939. The number of fused-ring (bicyclic) bond motifs is 3. The zero-order chi connectivity index (χ0) is 14.4. The summed E-state index contributed by atoms with van der Waals surface area (Å²) in [5.74, 6) is 2.60. The van der Waals surface area contributed by atoms with Crippen LogP contribution in [0.3, 0.4) is 0 Å². The Balaban J connectivity index is 1.59. The molecular formula is C16H14N2O3. The van der Waals surface area contributed by atoms with Gasteiger partial charge in [0.25, 0.3) is 5.91 Å². The highest BCUT2D eigenvalue weighted by Gasteiger charge is 2.48. The molecule has 2 unspecified atom stereocenters. The van der Waals surface area contributed by atoms with Crippen molar-refractivity contribution in [2.75, 3.05) is 7.05 Å². The van der Waals surface area contributed by atoms with E-state index >= 15 is 0 Å². The largest absolute Gasteiger partial charge is 0.489 e. The summed E-state index contributed by atoms with van der Waals surface area (Å²) < 4.78 is 11.6. The molecule has 0 radical (unpaired) electrons. The zero-order valence-corrected chi connectivity index (χ0v) is 11.5. The van der Waals surface area contributed by atoms with E-state index in [1.54, 1.807) is 25.4 Å². The molecule has 1 aromatic heterocycles. The van der Waals surface area contributed by atoms with Crippen LogP contribution in [0.1, 0.15) is 28.4 Å². The number of carbonyl (C=O) groups excluding carboxylic acids is 1. The Morgan fingerprint density at radius 3 is 3.05 bits per heavy atom. The molecule has 1 aliphatic carbocycles. The van der Waals surface area contributed by atoms with Gasteiger partial charge in [-0.3, -0.25) is 9.78 Å². The van der Waals surface area contributed by atoms with Crippen LogP contribution in [0.25, 0.3) is 0 Å². The monoisotopic (exact) mass is 282 g/mol. The maximum Gasteiger partial charge on any atom is 0.269 e. The maximum absolute atomic E-state index is 11.6. The molecule has 4 rings (SSSR count).